The molecule has 0 heterocycles. The number of hydrogen-bond acceptors (Lipinski definition) is 1. The summed E-state index contributed by atoms with van der Waals surface area (Å²) < 4.78 is 0. The molecule has 0 saturated carbocycles. The summed E-state index contributed by atoms with van der Waals surface area (Å²) in [5, 5.41) is 3.66. The van der Waals surface area contributed by atoms with Gasteiger partial charge in [0.2, 0.25) is 0 Å². The van der Waals surface area contributed by atoms with Crippen LogP contribution in [0.5, 0.6) is 0 Å². The van der Waals surface area contributed by atoms with Crippen LogP contribution in [0.3, 0.4) is 0 Å². The Labute approximate surface area is 150 Å². The zero-order valence-corrected chi connectivity index (χ0v) is 19.9. The van der Waals surface area contributed by atoms with Gasteiger partial charge in [-0.15, -0.1) is 5.70 Å². The molecule has 0 saturated heterocycles. The molecule has 0 amide bonds. The van der Waals surface area contributed by atoms with E-state index >= 15 is 0 Å². The van der Waals surface area contributed by atoms with Crippen molar-refractivity contribution in [1.82, 2.24) is 5.32 Å². The topological polar surface area (TPSA) is 12.0 Å². The molecule has 0 bridgehead atoms. The number of nitrogens with one attached hydrogen (secondary N) is 1. The quantitative estimate of drug-likeness (QED) is 0.318. The van der Waals surface area contributed by atoms with Gasteiger partial charge in [-0.1, -0.05) is 82.2 Å². The van der Waals surface area contributed by atoms with Crippen LogP contribution < -0.4 is 5.32 Å². The Balaban J connectivity index is 3.90. The van der Waals surface area contributed by atoms with Gasteiger partial charge in [0.15, 0.2) is 0 Å². The van der Waals surface area contributed by atoms with Gasteiger partial charge >= 0.3 is 0 Å². The Bertz CT molecular complexity index is 296. The second-order valence-corrected chi connectivity index (χ2v) is 16.4. The van der Waals surface area contributed by atoms with Gasteiger partial charge in [-0.05, 0) is 39.8 Å². The second-order valence-electron chi connectivity index (χ2n) is 8.56. The predicted molar refractivity (Wildman–Crippen MR) is 115 cm³/mol. The van der Waals surface area contributed by atoms with E-state index in [9.17, 15) is 0 Å². The predicted octanol–water partition coefficient (Wildman–Crippen LogP) is 5.94. The Hall–Kier alpha value is 0.134. The van der Waals surface area contributed by atoms with Gasteiger partial charge in [0.25, 0.3) is 0 Å². The van der Waals surface area contributed by atoms with Crippen molar-refractivity contribution in [1.29, 1.82) is 0 Å². The molecule has 0 rings (SSSR count). The van der Waals surface area contributed by atoms with Gasteiger partial charge in [-0.3, -0.25) is 0 Å². The highest BCUT2D eigenvalue weighted by Gasteiger charge is 2.41. The lowest BCUT2D eigenvalue weighted by Gasteiger charge is -2.43. The van der Waals surface area contributed by atoms with Crippen LogP contribution in [0.2, 0.25) is 28.7 Å². The molecule has 0 atom stereocenters. The summed E-state index contributed by atoms with van der Waals surface area (Å²) >= 11 is 0. The third kappa shape index (κ3) is 8.69. The Morgan fingerprint density at radius 3 is 1.87 bits per heavy atom. The molecule has 3 heteroatoms. The number of rotatable bonds is 13. The first kappa shape index (κ1) is 23.1. The van der Waals surface area contributed by atoms with Crippen LogP contribution in [-0.4, -0.2) is 30.7 Å². The van der Waals surface area contributed by atoms with Crippen molar-refractivity contribution in [3.05, 3.63) is 11.3 Å². The second kappa shape index (κ2) is 12.5. The summed E-state index contributed by atoms with van der Waals surface area (Å²) in [5.74, 6) is 0. The Morgan fingerprint density at radius 2 is 1.39 bits per heavy atom. The average molecular weight is 356 g/mol. The molecule has 0 aliphatic heterocycles. The number of allylic oxidation sites excluding steroid dienone is 1. The van der Waals surface area contributed by atoms with E-state index in [0.717, 1.165) is 16.6 Å². The van der Waals surface area contributed by atoms with Crippen molar-refractivity contribution in [3.8, 4) is 0 Å². The average Bonchev–Trinajstić information content (AvgIpc) is 2.43. The summed E-state index contributed by atoms with van der Waals surface area (Å²) in [5.41, 5.74) is 6.74. The van der Waals surface area contributed by atoms with Gasteiger partial charge in [-0.25, -0.2) is 0 Å². The molecule has 0 aliphatic carbocycles. The summed E-state index contributed by atoms with van der Waals surface area (Å²) in [4.78, 5) is 0. The number of unbranched alkanes of at least 4 members (excludes halogenated alkanes) is 1. The zero-order valence-electron chi connectivity index (χ0n) is 17.5. The fourth-order valence-corrected chi connectivity index (χ4v) is 12.4. The maximum Gasteiger partial charge on any atom is 0.0612 e. The van der Waals surface area contributed by atoms with Crippen LogP contribution in [0.25, 0.3) is 0 Å². The summed E-state index contributed by atoms with van der Waals surface area (Å²) in [6.07, 6.45) is 4.17. The monoisotopic (exact) mass is 355 g/mol. The Morgan fingerprint density at radius 1 is 0.870 bits per heavy atom. The molecule has 1 N–H and O–H groups in total. The smallest absolute Gasteiger partial charge is 0.0612 e. The van der Waals surface area contributed by atoms with Gasteiger partial charge in [0.1, 0.15) is 0 Å². The van der Waals surface area contributed by atoms with Crippen molar-refractivity contribution in [2.45, 2.75) is 103 Å². The molecule has 0 spiro atoms. The maximum atomic E-state index is 3.66. The molecule has 138 valence electrons. The first-order chi connectivity index (χ1) is 10.7. The molecule has 1 nitrogen and oxygen atoms in total. The molecule has 23 heavy (non-hydrogen) atoms. The van der Waals surface area contributed by atoms with Crippen LogP contribution in [-0.2, 0) is 0 Å². The molecule has 0 fully saturated rings. The summed E-state index contributed by atoms with van der Waals surface area (Å²) in [6.45, 7) is 21.8. The van der Waals surface area contributed by atoms with Crippen molar-refractivity contribution in [2.24, 2.45) is 0 Å². The van der Waals surface area contributed by atoms with Crippen LogP contribution in [0, 0.1) is 0 Å². The lowest BCUT2D eigenvalue weighted by Crippen LogP contribution is -2.44. The Kier molecular flexibility index (Phi) is 12.6. The van der Waals surface area contributed by atoms with Gasteiger partial charge in [-0.2, -0.15) is 0 Å². The lowest BCUT2D eigenvalue weighted by molar-refractivity contribution is 0.624. The molecular formula is C20H45NSi2. The van der Waals surface area contributed by atoms with E-state index in [1.807, 2.05) is 0 Å². The van der Waals surface area contributed by atoms with E-state index in [1.54, 1.807) is 0 Å². The lowest BCUT2D eigenvalue weighted by atomic mass is 10.3. The standard InChI is InChI=1S/C20H45NSi2/c1-17(2)16-22-14-11-13-21-12-9-10-15-23(18(3)4,19(5)6)20(7)8/h16,18-21H,9-15,22H2,1-8H3. The zero-order chi connectivity index (χ0) is 17.9. The summed E-state index contributed by atoms with van der Waals surface area (Å²) in [6, 6.07) is 2.98. The molecule has 0 aliphatic rings. The molecule has 0 radical (unpaired) electrons. The molecule has 0 aromatic rings. The van der Waals surface area contributed by atoms with E-state index in [0.29, 0.717) is 0 Å². The molecule has 0 aromatic carbocycles. The molecular weight excluding hydrogens is 310 g/mol. The van der Waals surface area contributed by atoms with Gasteiger partial charge in [0.05, 0.1) is 8.07 Å². The van der Waals surface area contributed by atoms with Crippen LogP contribution in [0.1, 0.15) is 74.7 Å². The summed E-state index contributed by atoms with van der Waals surface area (Å²) in [7, 11) is -1.08. The largest absolute Gasteiger partial charge is 0.317 e. The van der Waals surface area contributed by atoms with Crippen molar-refractivity contribution >= 4 is 17.6 Å². The van der Waals surface area contributed by atoms with E-state index in [2.05, 4.69) is 66.4 Å². The van der Waals surface area contributed by atoms with Crippen molar-refractivity contribution < 1.29 is 0 Å². The number of hydrogen-bond donors (Lipinski definition) is 1. The fourth-order valence-electron chi connectivity index (χ4n) is 4.46. The first-order valence-electron chi connectivity index (χ1n) is 10.1. The highest BCUT2D eigenvalue weighted by Crippen LogP contribution is 2.45. The SMILES string of the molecule is CC(C)=C[SiH2]CCCNCCCC[Si](C(C)C)(C(C)C)C(C)C. The van der Waals surface area contributed by atoms with E-state index in [1.165, 1.54) is 50.0 Å². The van der Waals surface area contributed by atoms with E-state index in [4.69, 9.17) is 0 Å². The fraction of sp³-hybridized carbons (Fsp3) is 0.900. The highest BCUT2D eigenvalue weighted by atomic mass is 28.3. The molecule has 0 unspecified atom stereocenters. The van der Waals surface area contributed by atoms with Crippen LogP contribution in [0.4, 0.5) is 0 Å². The van der Waals surface area contributed by atoms with E-state index < -0.39 is 8.07 Å². The minimum Gasteiger partial charge on any atom is -0.317 e. The van der Waals surface area contributed by atoms with Crippen LogP contribution >= 0.6 is 0 Å². The van der Waals surface area contributed by atoms with Crippen LogP contribution in [0.15, 0.2) is 11.3 Å². The highest BCUT2D eigenvalue weighted by molar-refractivity contribution is 6.83. The van der Waals surface area contributed by atoms with Gasteiger partial charge in [0, 0.05) is 9.52 Å². The maximum absolute atomic E-state index is 3.66. The van der Waals surface area contributed by atoms with E-state index in [-0.39, 0.29) is 9.52 Å². The minimum atomic E-state index is -1.15. The normalized spacial score (nSPS) is 13.0. The van der Waals surface area contributed by atoms with Gasteiger partial charge < -0.3 is 5.32 Å². The van der Waals surface area contributed by atoms with Crippen molar-refractivity contribution in [3.63, 3.8) is 0 Å². The molecule has 0 aromatic heterocycles. The first-order valence-corrected chi connectivity index (χ1v) is 14.3. The third-order valence-corrected chi connectivity index (χ3v) is 15.5. The third-order valence-electron chi connectivity index (χ3n) is 5.80. The van der Waals surface area contributed by atoms with Crippen molar-refractivity contribution in [2.75, 3.05) is 13.1 Å². The minimum absolute atomic E-state index is 0.0774.